The Kier molecular flexibility index (Phi) is 6.49. The molecule has 1 amide bonds. The number of halogens is 1. The molecule has 2 saturated carbocycles. The number of fused-ring (bicyclic) bond motifs is 1. The first-order valence-corrected chi connectivity index (χ1v) is 13.6. The van der Waals surface area contributed by atoms with Crippen molar-refractivity contribution >= 4 is 28.6 Å². The number of benzene rings is 2. The van der Waals surface area contributed by atoms with Crippen molar-refractivity contribution in [2.75, 3.05) is 7.05 Å². The maximum absolute atomic E-state index is 14.7. The van der Waals surface area contributed by atoms with E-state index in [4.69, 9.17) is 0 Å². The zero-order valence-electron chi connectivity index (χ0n) is 22.2. The van der Waals surface area contributed by atoms with Crippen LogP contribution in [0.1, 0.15) is 58.5 Å². The lowest BCUT2D eigenvalue weighted by atomic mass is 9.47. The Balaban J connectivity index is 1.18. The van der Waals surface area contributed by atoms with Gasteiger partial charge < -0.3 is 15.0 Å². The van der Waals surface area contributed by atoms with Crippen molar-refractivity contribution in [3.05, 3.63) is 89.6 Å². The summed E-state index contributed by atoms with van der Waals surface area (Å²) < 4.78 is 16.6. The van der Waals surface area contributed by atoms with Crippen LogP contribution >= 0.6 is 0 Å². The van der Waals surface area contributed by atoms with Crippen LogP contribution in [0.2, 0.25) is 0 Å². The molecule has 6 rings (SSSR count). The standard InChI is InChI=1S/C32H30FN3O4/c1-34-30(38)27-13-22(8-10-35-27)21-4-2-19(3-5-21)18-36-11-9-24-26(33)7-6-25(29(24)36)28(37)12-20-14-32(15-20)16-23(17-32)31(39)40/h2-11,13,20,23H,12,14-18H2,1H3,(H,34,38)(H,39,40). The number of nitrogens with one attached hydrogen (secondary N) is 1. The topological polar surface area (TPSA) is 101 Å². The number of pyridine rings is 1. The van der Waals surface area contributed by atoms with Gasteiger partial charge in [-0.3, -0.25) is 19.4 Å². The minimum atomic E-state index is -0.721. The monoisotopic (exact) mass is 539 g/mol. The Morgan fingerprint density at radius 3 is 2.48 bits per heavy atom. The average molecular weight is 540 g/mol. The number of aromatic nitrogens is 2. The maximum atomic E-state index is 14.7. The summed E-state index contributed by atoms with van der Waals surface area (Å²) in [5.74, 6) is -1.32. The van der Waals surface area contributed by atoms with Gasteiger partial charge in [-0.2, -0.15) is 0 Å². The Morgan fingerprint density at radius 2 is 1.77 bits per heavy atom. The molecule has 2 aliphatic carbocycles. The first-order chi connectivity index (χ1) is 19.2. The second kappa shape index (κ2) is 10.0. The number of hydrogen-bond donors (Lipinski definition) is 2. The molecule has 2 N–H and O–H groups in total. The molecule has 0 atom stereocenters. The molecular weight excluding hydrogens is 509 g/mol. The van der Waals surface area contributed by atoms with Crippen molar-refractivity contribution in [1.29, 1.82) is 0 Å². The highest BCUT2D eigenvalue weighted by Gasteiger charge is 2.54. The third-order valence-corrected chi connectivity index (χ3v) is 8.66. The van der Waals surface area contributed by atoms with Crippen LogP contribution in [0.3, 0.4) is 0 Å². The van der Waals surface area contributed by atoms with Crippen molar-refractivity contribution in [1.82, 2.24) is 14.9 Å². The fraction of sp³-hybridized carbons (Fsp3) is 0.312. The van der Waals surface area contributed by atoms with Crippen LogP contribution in [-0.4, -0.2) is 39.4 Å². The molecular formula is C32H30FN3O4. The highest BCUT2D eigenvalue weighted by molar-refractivity contribution is 6.07. The molecule has 4 aromatic rings. The molecule has 0 saturated heterocycles. The summed E-state index contributed by atoms with van der Waals surface area (Å²) in [6, 6.07) is 16.2. The second-order valence-electron chi connectivity index (χ2n) is 11.4. The molecule has 2 aromatic heterocycles. The Labute approximate surface area is 231 Å². The van der Waals surface area contributed by atoms with Crippen LogP contribution in [0.5, 0.6) is 0 Å². The van der Waals surface area contributed by atoms with Crippen LogP contribution in [0, 0.1) is 23.1 Å². The van der Waals surface area contributed by atoms with E-state index in [1.807, 2.05) is 41.1 Å². The molecule has 0 radical (unpaired) electrons. The van der Waals surface area contributed by atoms with Crippen molar-refractivity contribution in [2.24, 2.45) is 17.3 Å². The van der Waals surface area contributed by atoms with E-state index in [9.17, 15) is 23.9 Å². The SMILES string of the molecule is CNC(=O)c1cc(-c2ccc(Cn3ccc4c(F)ccc(C(=O)CC5CC6(C5)CC(C(=O)O)C6)c43)cc2)ccn1. The van der Waals surface area contributed by atoms with Gasteiger partial charge in [0.2, 0.25) is 0 Å². The smallest absolute Gasteiger partial charge is 0.306 e. The summed E-state index contributed by atoms with van der Waals surface area (Å²) in [4.78, 5) is 40.6. The maximum Gasteiger partial charge on any atom is 0.306 e. The number of carbonyl (C=O) groups excluding carboxylic acids is 2. The molecule has 0 aliphatic heterocycles. The van der Waals surface area contributed by atoms with Gasteiger partial charge in [0.1, 0.15) is 11.5 Å². The quantitative estimate of drug-likeness (QED) is 0.279. The average Bonchev–Trinajstić information content (AvgIpc) is 3.33. The molecule has 204 valence electrons. The summed E-state index contributed by atoms with van der Waals surface area (Å²) in [5, 5.41) is 12.2. The molecule has 2 fully saturated rings. The number of carboxylic acid groups (broad SMARTS) is 1. The van der Waals surface area contributed by atoms with Crippen molar-refractivity contribution in [2.45, 2.75) is 38.6 Å². The summed E-state index contributed by atoms with van der Waals surface area (Å²) >= 11 is 0. The lowest BCUT2D eigenvalue weighted by Gasteiger charge is -2.56. The number of nitrogens with zero attached hydrogens (tertiary/aromatic N) is 2. The van der Waals surface area contributed by atoms with Crippen LogP contribution in [0.25, 0.3) is 22.0 Å². The molecule has 2 aliphatic rings. The van der Waals surface area contributed by atoms with Gasteiger partial charge in [0.15, 0.2) is 5.78 Å². The number of rotatable bonds is 8. The zero-order valence-corrected chi connectivity index (χ0v) is 22.2. The van der Waals surface area contributed by atoms with Gasteiger partial charge in [-0.15, -0.1) is 0 Å². The van der Waals surface area contributed by atoms with Crippen molar-refractivity contribution in [3.8, 4) is 11.1 Å². The summed E-state index contributed by atoms with van der Waals surface area (Å²) in [6.45, 7) is 0.469. The van der Waals surface area contributed by atoms with E-state index >= 15 is 0 Å². The van der Waals surface area contributed by atoms with Gasteiger partial charge in [-0.1, -0.05) is 24.3 Å². The van der Waals surface area contributed by atoms with E-state index in [0.717, 1.165) is 29.5 Å². The van der Waals surface area contributed by atoms with Gasteiger partial charge in [-0.05, 0) is 84.0 Å². The van der Waals surface area contributed by atoms with Gasteiger partial charge in [-0.25, -0.2) is 4.39 Å². The van der Waals surface area contributed by atoms with E-state index in [1.54, 1.807) is 31.4 Å². The lowest BCUT2D eigenvalue weighted by Crippen LogP contribution is -2.50. The molecule has 1 spiro atoms. The van der Waals surface area contributed by atoms with E-state index in [-0.39, 0.29) is 34.8 Å². The lowest BCUT2D eigenvalue weighted by molar-refractivity contribution is -0.157. The fourth-order valence-electron chi connectivity index (χ4n) is 6.68. The highest BCUT2D eigenvalue weighted by Crippen LogP contribution is 2.62. The van der Waals surface area contributed by atoms with E-state index in [0.29, 0.717) is 48.0 Å². The Bertz CT molecular complexity index is 1630. The molecule has 0 bridgehead atoms. The van der Waals surface area contributed by atoms with Crippen LogP contribution in [0.15, 0.2) is 67.0 Å². The van der Waals surface area contributed by atoms with Gasteiger partial charge in [0, 0.05) is 43.4 Å². The predicted molar refractivity (Wildman–Crippen MR) is 149 cm³/mol. The third kappa shape index (κ3) is 4.68. The largest absolute Gasteiger partial charge is 0.481 e. The van der Waals surface area contributed by atoms with Crippen molar-refractivity contribution in [3.63, 3.8) is 0 Å². The number of carboxylic acids is 1. The number of amides is 1. The molecule has 7 nitrogen and oxygen atoms in total. The van der Waals surface area contributed by atoms with Gasteiger partial charge in [0.25, 0.3) is 5.91 Å². The molecule has 2 aromatic carbocycles. The van der Waals surface area contributed by atoms with Gasteiger partial charge in [0.05, 0.1) is 11.4 Å². The minimum absolute atomic E-state index is 0.00105. The highest BCUT2D eigenvalue weighted by atomic mass is 19.1. The fourth-order valence-corrected chi connectivity index (χ4v) is 6.68. The predicted octanol–water partition coefficient (Wildman–Crippen LogP) is 5.71. The number of aliphatic carboxylic acids is 1. The van der Waals surface area contributed by atoms with E-state index < -0.39 is 5.97 Å². The summed E-state index contributed by atoms with van der Waals surface area (Å²) in [6.07, 6.45) is 7.03. The first-order valence-electron chi connectivity index (χ1n) is 13.6. The Morgan fingerprint density at radius 1 is 1.02 bits per heavy atom. The summed E-state index contributed by atoms with van der Waals surface area (Å²) in [7, 11) is 1.57. The molecule has 2 heterocycles. The Hall–Kier alpha value is -4.33. The molecule has 0 unspecified atom stereocenters. The van der Waals surface area contributed by atoms with E-state index in [2.05, 4.69) is 10.3 Å². The normalized spacial score (nSPS) is 21.6. The molecule has 8 heteroatoms. The third-order valence-electron chi connectivity index (χ3n) is 8.66. The number of ketones is 1. The second-order valence-corrected chi connectivity index (χ2v) is 11.4. The van der Waals surface area contributed by atoms with Crippen LogP contribution < -0.4 is 5.32 Å². The number of Topliss-reactive ketones (excluding diaryl/α,β-unsaturated/α-hetero) is 1. The summed E-state index contributed by atoms with van der Waals surface area (Å²) in [5.41, 5.74) is 4.38. The van der Waals surface area contributed by atoms with Crippen molar-refractivity contribution < 1.29 is 23.9 Å². The number of hydrogen-bond acceptors (Lipinski definition) is 4. The zero-order chi connectivity index (χ0) is 28.0. The first kappa shape index (κ1) is 25.9. The minimum Gasteiger partial charge on any atom is -0.481 e. The van der Waals surface area contributed by atoms with Gasteiger partial charge >= 0.3 is 5.97 Å². The van der Waals surface area contributed by atoms with Crippen LogP contribution in [0.4, 0.5) is 4.39 Å². The molecule has 40 heavy (non-hydrogen) atoms. The number of carbonyl (C=O) groups is 3. The van der Waals surface area contributed by atoms with E-state index in [1.165, 1.54) is 6.07 Å². The van der Waals surface area contributed by atoms with Crippen LogP contribution in [-0.2, 0) is 11.3 Å².